The highest BCUT2D eigenvalue weighted by molar-refractivity contribution is 5.03. The van der Waals surface area contributed by atoms with Gasteiger partial charge in [0.2, 0.25) is 0 Å². The minimum absolute atomic E-state index is 0.744. The molecule has 0 bridgehead atoms. The molecule has 0 spiro atoms. The van der Waals surface area contributed by atoms with Crippen molar-refractivity contribution in [2.45, 2.75) is 19.8 Å². The third kappa shape index (κ3) is 2.08. The van der Waals surface area contributed by atoms with Crippen molar-refractivity contribution in [3.05, 3.63) is 17.7 Å². The number of ether oxygens (including phenoxy) is 1. The first-order chi connectivity index (χ1) is 5.77. The first-order valence-corrected chi connectivity index (χ1v) is 4.28. The Morgan fingerprint density at radius 3 is 2.83 bits per heavy atom. The third-order valence-corrected chi connectivity index (χ3v) is 1.91. The molecule has 12 heavy (non-hydrogen) atoms. The van der Waals surface area contributed by atoms with E-state index in [0.29, 0.717) is 0 Å². The molecule has 0 aromatic carbocycles. The van der Waals surface area contributed by atoms with Crippen molar-refractivity contribution in [3.63, 3.8) is 0 Å². The van der Waals surface area contributed by atoms with Gasteiger partial charge in [0.25, 0.3) is 0 Å². The molecule has 0 aliphatic carbocycles. The Kier molecular flexibility index (Phi) is 3.29. The van der Waals surface area contributed by atoms with Crippen LogP contribution >= 0.6 is 0 Å². The number of aryl methyl sites for hydroxylation is 2. The fourth-order valence-corrected chi connectivity index (χ4v) is 1.17. The molecular formula is C9H16N2O. The zero-order chi connectivity index (χ0) is 8.97. The van der Waals surface area contributed by atoms with E-state index in [2.05, 4.69) is 22.7 Å². The summed E-state index contributed by atoms with van der Waals surface area (Å²) in [5.41, 5.74) is 1.16. The standard InChI is InChI=1S/C9H16N2O/c1-4-8-7-11(2)9(10-8)5-6-12-3/h7H,4-6H2,1-3H3. The van der Waals surface area contributed by atoms with E-state index in [1.54, 1.807) is 7.11 Å². The fourth-order valence-electron chi connectivity index (χ4n) is 1.17. The maximum absolute atomic E-state index is 4.99. The summed E-state index contributed by atoms with van der Waals surface area (Å²) < 4.78 is 7.06. The lowest BCUT2D eigenvalue weighted by molar-refractivity contribution is 0.200. The first-order valence-electron chi connectivity index (χ1n) is 4.28. The molecule has 68 valence electrons. The van der Waals surface area contributed by atoms with Gasteiger partial charge < -0.3 is 9.30 Å². The average molecular weight is 168 g/mol. The lowest BCUT2D eigenvalue weighted by Gasteiger charge is -1.98. The number of nitrogens with zero attached hydrogens (tertiary/aromatic N) is 2. The summed E-state index contributed by atoms with van der Waals surface area (Å²) in [4.78, 5) is 4.45. The monoisotopic (exact) mass is 168 g/mol. The van der Waals surface area contributed by atoms with Crippen LogP contribution in [0.2, 0.25) is 0 Å². The molecule has 0 saturated heterocycles. The maximum Gasteiger partial charge on any atom is 0.111 e. The summed E-state index contributed by atoms with van der Waals surface area (Å²) in [6.07, 6.45) is 3.97. The highest BCUT2D eigenvalue weighted by atomic mass is 16.5. The van der Waals surface area contributed by atoms with Crippen LogP contribution in [0.1, 0.15) is 18.4 Å². The van der Waals surface area contributed by atoms with E-state index in [1.165, 1.54) is 0 Å². The largest absolute Gasteiger partial charge is 0.384 e. The van der Waals surface area contributed by atoms with Gasteiger partial charge >= 0.3 is 0 Å². The van der Waals surface area contributed by atoms with Crippen LogP contribution in [-0.4, -0.2) is 23.3 Å². The molecule has 0 fully saturated rings. The highest BCUT2D eigenvalue weighted by Gasteiger charge is 2.02. The van der Waals surface area contributed by atoms with Gasteiger partial charge in [0.15, 0.2) is 0 Å². The molecule has 0 aliphatic heterocycles. The van der Waals surface area contributed by atoms with Crippen LogP contribution in [0.5, 0.6) is 0 Å². The van der Waals surface area contributed by atoms with Gasteiger partial charge in [-0.15, -0.1) is 0 Å². The Labute approximate surface area is 73.4 Å². The molecule has 0 saturated carbocycles. The van der Waals surface area contributed by atoms with Crippen molar-refractivity contribution in [2.24, 2.45) is 7.05 Å². The second kappa shape index (κ2) is 4.26. The van der Waals surface area contributed by atoms with Crippen LogP contribution in [-0.2, 0) is 24.6 Å². The summed E-state index contributed by atoms with van der Waals surface area (Å²) in [6.45, 7) is 2.86. The smallest absolute Gasteiger partial charge is 0.111 e. The van der Waals surface area contributed by atoms with E-state index >= 15 is 0 Å². The summed E-state index contributed by atoms with van der Waals surface area (Å²) in [7, 11) is 3.74. The molecule has 3 heteroatoms. The molecule has 0 aliphatic rings. The highest BCUT2D eigenvalue weighted by Crippen LogP contribution is 2.02. The van der Waals surface area contributed by atoms with Crippen molar-refractivity contribution in [3.8, 4) is 0 Å². The number of aromatic nitrogens is 2. The second-order valence-corrected chi connectivity index (χ2v) is 2.86. The maximum atomic E-state index is 4.99. The Morgan fingerprint density at radius 2 is 2.33 bits per heavy atom. The van der Waals surface area contributed by atoms with Crippen LogP contribution < -0.4 is 0 Å². The van der Waals surface area contributed by atoms with Gasteiger partial charge in [-0.2, -0.15) is 0 Å². The molecule has 0 amide bonds. The normalized spacial score (nSPS) is 10.6. The zero-order valence-corrected chi connectivity index (χ0v) is 8.00. The van der Waals surface area contributed by atoms with Gasteiger partial charge in [0.05, 0.1) is 12.3 Å². The number of imidazole rings is 1. The Hall–Kier alpha value is -0.830. The fraction of sp³-hybridized carbons (Fsp3) is 0.667. The van der Waals surface area contributed by atoms with Gasteiger partial charge in [-0.25, -0.2) is 4.98 Å². The molecule has 1 rings (SSSR count). The number of methoxy groups -OCH3 is 1. The average Bonchev–Trinajstić information content (AvgIpc) is 2.43. The van der Waals surface area contributed by atoms with E-state index in [4.69, 9.17) is 4.74 Å². The van der Waals surface area contributed by atoms with Crippen molar-refractivity contribution in [1.29, 1.82) is 0 Å². The molecule has 1 heterocycles. The molecule has 0 N–H and O–H groups in total. The van der Waals surface area contributed by atoms with E-state index in [-0.39, 0.29) is 0 Å². The Morgan fingerprint density at radius 1 is 1.58 bits per heavy atom. The summed E-state index contributed by atoms with van der Waals surface area (Å²) in [6, 6.07) is 0. The second-order valence-electron chi connectivity index (χ2n) is 2.86. The molecule has 1 aromatic rings. The quantitative estimate of drug-likeness (QED) is 0.675. The zero-order valence-electron chi connectivity index (χ0n) is 8.00. The Bertz CT molecular complexity index is 243. The van der Waals surface area contributed by atoms with Gasteiger partial charge in [0.1, 0.15) is 5.82 Å². The van der Waals surface area contributed by atoms with Gasteiger partial charge in [-0.05, 0) is 6.42 Å². The topological polar surface area (TPSA) is 27.1 Å². The lowest BCUT2D eigenvalue weighted by Crippen LogP contribution is -2.01. The predicted molar refractivity (Wildman–Crippen MR) is 48.2 cm³/mol. The molecule has 3 nitrogen and oxygen atoms in total. The van der Waals surface area contributed by atoms with Crippen LogP contribution in [0, 0.1) is 0 Å². The minimum atomic E-state index is 0.744. The molecule has 0 unspecified atom stereocenters. The van der Waals surface area contributed by atoms with E-state index in [9.17, 15) is 0 Å². The van der Waals surface area contributed by atoms with Crippen LogP contribution in [0.25, 0.3) is 0 Å². The van der Waals surface area contributed by atoms with Crippen molar-refractivity contribution >= 4 is 0 Å². The number of rotatable bonds is 4. The van der Waals surface area contributed by atoms with Crippen LogP contribution in [0.4, 0.5) is 0 Å². The summed E-state index contributed by atoms with van der Waals surface area (Å²) in [5, 5.41) is 0. The van der Waals surface area contributed by atoms with Crippen LogP contribution in [0.3, 0.4) is 0 Å². The van der Waals surface area contributed by atoms with Gasteiger partial charge in [-0.3, -0.25) is 0 Å². The Balaban J connectivity index is 2.64. The molecular weight excluding hydrogens is 152 g/mol. The molecule has 0 atom stereocenters. The summed E-state index contributed by atoms with van der Waals surface area (Å²) in [5.74, 6) is 1.11. The third-order valence-electron chi connectivity index (χ3n) is 1.91. The summed E-state index contributed by atoms with van der Waals surface area (Å²) >= 11 is 0. The molecule has 1 aromatic heterocycles. The predicted octanol–water partition coefficient (Wildman–Crippen LogP) is 1.17. The van der Waals surface area contributed by atoms with E-state index < -0.39 is 0 Å². The minimum Gasteiger partial charge on any atom is -0.384 e. The lowest BCUT2D eigenvalue weighted by atomic mass is 10.4. The van der Waals surface area contributed by atoms with Crippen molar-refractivity contribution < 1.29 is 4.74 Å². The number of hydrogen-bond donors (Lipinski definition) is 0. The van der Waals surface area contributed by atoms with E-state index in [0.717, 1.165) is 31.0 Å². The number of hydrogen-bond acceptors (Lipinski definition) is 2. The van der Waals surface area contributed by atoms with E-state index in [1.807, 2.05) is 7.05 Å². The SMILES string of the molecule is CCc1cn(C)c(CCOC)n1. The van der Waals surface area contributed by atoms with Crippen LogP contribution in [0.15, 0.2) is 6.20 Å². The first kappa shape index (κ1) is 9.26. The molecule has 0 radical (unpaired) electrons. The van der Waals surface area contributed by atoms with Crippen molar-refractivity contribution in [2.75, 3.05) is 13.7 Å². The van der Waals surface area contributed by atoms with Crippen molar-refractivity contribution in [1.82, 2.24) is 9.55 Å². The van der Waals surface area contributed by atoms with Gasteiger partial charge in [-0.1, -0.05) is 6.92 Å². The van der Waals surface area contributed by atoms with Gasteiger partial charge in [0, 0.05) is 26.8 Å².